The van der Waals surface area contributed by atoms with Crippen molar-refractivity contribution < 1.29 is 14.6 Å². The average Bonchev–Trinajstić information content (AvgIpc) is 2.05. The van der Waals surface area contributed by atoms with Gasteiger partial charge in [0.1, 0.15) is 5.56 Å². The standard InChI is InChI=1S/C7H8N2O3/c1-2-12-6-5(7(10)11)3-4-8-9-6/h3-4H,2H2,1H3,(H,10,11). The smallest absolute Gasteiger partial charge is 0.341 e. The molecule has 0 aliphatic heterocycles. The molecule has 12 heavy (non-hydrogen) atoms. The average molecular weight is 168 g/mol. The first-order valence-corrected chi connectivity index (χ1v) is 3.43. The summed E-state index contributed by atoms with van der Waals surface area (Å²) in [6.45, 7) is 2.12. The fourth-order valence-electron chi connectivity index (χ4n) is 0.725. The van der Waals surface area contributed by atoms with Gasteiger partial charge in [0.25, 0.3) is 0 Å². The van der Waals surface area contributed by atoms with Crippen LogP contribution in [-0.4, -0.2) is 27.9 Å². The molecule has 0 atom stereocenters. The van der Waals surface area contributed by atoms with E-state index in [0.717, 1.165) is 0 Å². The lowest BCUT2D eigenvalue weighted by atomic mass is 10.3. The fourth-order valence-corrected chi connectivity index (χ4v) is 0.725. The summed E-state index contributed by atoms with van der Waals surface area (Å²) in [5.74, 6) is -0.999. The van der Waals surface area contributed by atoms with Crippen molar-refractivity contribution in [3.8, 4) is 5.88 Å². The number of aromatic carboxylic acids is 1. The molecule has 5 heteroatoms. The summed E-state index contributed by atoms with van der Waals surface area (Å²) in [5.41, 5.74) is 0.0341. The summed E-state index contributed by atoms with van der Waals surface area (Å²) < 4.78 is 4.94. The van der Waals surface area contributed by atoms with Gasteiger partial charge in [-0.3, -0.25) is 0 Å². The van der Waals surface area contributed by atoms with E-state index in [2.05, 4.69) is 10.2 Å². The van der Waals surface area contributed by atoms with Gasteiger partial charge in [0.15, 0.2) is 0 Å². The van der Waals surface area contributed by atoms with Crippen molar-refractivity contribution in [2.24, 2.45) is 0 Å². The molecule has 0 aliphatic rings. The van der Waals surface area contributed by atoms with Crippen LogP contribution < -0.4 is 4.74 Å². The highest BCUT2D eigenvalue weighted by molar-refractivity contribution is 5.89. The highest BCUT2D eigenvalue weighted by Gasteiger charge is 2.11. The van der Waals surface area contributed by atoms with Gasteiger partial charge in [0, 0.05) is 0 Å². The summed E-state index contributed by atoms with van der Waals surface area (Å²) in [5, 5.41) is 15.7. The zero-order chi connectivity index (χ0) is 8.97. The monoisotopic (exact) mass is 168 g/mol. The van der Waals surface area contributed by atoms with Crippen molar-refractivity contribution in [3.05, 3.63) is 17.8 Å². The van der Waals surface area contributed by atoms with Gasteiger partial charge in [0.05, 0.1) is 12.8 Å². The molecule has 0 fully saturated rings. The first-order chi connectivity index (χ1) is 5.75. The fraction of sp³-hybridized carbons (Fsp3) is 0.286. The van der Waals surface area contributed by atoms with Gasteiger partial charge < -0.3 is 9.84 Å². The van der Waals surface area contributed by atoms with E-state index >= 15 is 0 Å². The predicted octanol–water partition coefficient (Wildman–Crippen LogP) is 0.573. The molecule has 0 aliphatic carbocycles. The minimum Gasteiger partial charge on any atom is -0.477 e. The molecule has 1 N–H and O–H groups in total. The number of ether oxygens (including phenoxy) is 1. The number of hydrogen-bond acceptors (Lipinski definition) is 4. The molecule has 1 heterocycles. The van der Waals surface area contributed by atoms with Crippen LogP contribution in [0, 0.1) is 0 Å². The van der Waals surface area contributed by atoms with Gasteiger partial charge in [-0.05, 0) is 13.0 Å². The van der Waals surface area contributed by atoms with Crippen molar-refractivity contribution in [2.75, 3.05) is 6.61 Å². The lowest BCUT2D eigenvalue weighted by Crippen LogP contribution is -2.05. The number of aromatic nitrogens is 2. The third kappa shape index (κ3) is 1.69. The van der Waals surface area contributed by atoms with Gasteiger partial charge in [-0.15, -0.1) is 5.10 Å². The number of carboxylic acids is 1. The first kappa shape index (κ1) is 8.45. The minimum absolute atomic E-state index is 0.0341. The molecule has 0 unspecified atom stereocenters. The predicted molar refractivity (Wildman–Crippen MR) is 40.2 cm³/mol. The maximum atomic E-state index is 10.5. The lowest BCUT2D eigenvalue weighted by Gasteiger charge is -2.02. The molecule has 1 aromatic rings. The third-order valence-electron chi connectivity index (χ3n) is 1.20. The number of carboxylic acid groups (broad SMARTS) is 1. The van der Waals surface area contributed by atoms with Crippen molar-refractivity contribution in [2.45, 2.75) is 6.92 Å². The Bertz CT molecular complexity index is 288. The Labute approximate surface area is 69.0 Å². The molecule has 0 radical (unpaired) electrons. The van der Waals surface area contributed by atoms with Crippen LogP contribution in [0.1, 0.15) is 17.3 Å². The highest BCUT2D eigenvalue weighted by Crippen LogP contribution is 2.11. The maximum Gasteiger partial charge on any atom is 0.341 e. The zero-order valence-electron chi connectivity index (χ0n) is 6.52. The highest BCUT2D eigenvalue weighted by atomic mass is 16.5. The molecule has 1 aromatic heterocycles. The molecular weight excluding hydrogens is 160 g/mol. The summed E-state index contributed by atoms with van der Waals surface area (Å²) >= 11 is 0. The minimum atomic E-state index is -1.06. The largest absolute Gasteiger partial charge is 0.477 e. The second-order valence-corrected chi connectivity index (χ2v) is 1.99. The number of nitrogens with zero attached hydrogens (tertiary/aromatic N) is 2. The van der Waals surface area contributed by atoms with E-state index in [0.29, 0.717) is 6.61 Å². The van der Waals surface area contributed by atoms with Crippen LogP contribution in [0.5, 0.6) is 5.88 Å². The van der Waals surface area contributed by atoms with E-state index in [1.165, 1.54) is 12.3 Å². The van der Waals surface area contributed by atoms with Gasteiger partial charge in [-0.1, -0.05) is 0 Å². The molecule has 0 spiro atoms. The molecule has 0 saturated carbocycles. The molecule has 0 bridgehead atoms. The number of rotatable bonds is 3. The van der Waals surface area contributed by atoms with Crippen LogP contribution in [-0.2, 0) is 0 Å². The topological polar surface area (TPSA) is 72.3 Å². The van der Waals surface area contributed by atoms with E-state index in [1.54, 1.807) is 6.92 Å². The lowest BCUT2D eigenvalue weighted by molar-refractivity contribution is 0.0691. The SMILES string of the molecule is CCOc1nnccc1C(=O)O. The Balaban J connectivity index is 3.00. The van der Waals surface area contributed by atoms with Crippen LogP contribution >= 0.6 is 0 Å². The summed E-state index contributed by atoms with van der Waals surface area (Å²) in [4.78, 5) is 10.5. The first-order valence-electron chi connectivity index (χ1n) is 3.43. The van der Waals surface area contributed by atoms with E-state index in [4.69, 9.17) is 9.84 Å². The Hall–Kier alpha value is -1.65. The molecule has 0 aromatic carbocycles. The Kier molecular flexibility index (Phi) is 2.57. The van der Waals surface area contributed by atoms with E-state index in [9.17, 15) is 4.79 Å². The van der Waals surface area contributed by atoms with Crippen LogP contribution in [0.3, 0.4) is 0 Å². The van der Waals surface area contributed by atoms with Gasteiger partial charge >= 0.3 is 5.97 Å². The second kappa shape index (κ2) is 3.66. The Morgan fingerprint density at radius 2 is 2.50 bits per heavy atom. The van der Waals surface area contributed by atoms with Gasteiger partial charge in [-0.25, -0.2) is 4.79 Å². The Morgan fingerprint density at radius 1 is 1.75 bits per heavy atom. The van der Waals surface area contributed by atoms with Crippen LogP contribution in [0.25, 0.3) is 0 Å². The molecule has 1 rings (SSSR count). The maximum absolute atomic E-state index is 10.5. The van der Waals surface area contributed by atoms with Crippen molar-refractivity contribution in [3.63, 3.8) is 0 Å². The molecule has 5 nitrogen and oxygen atoms in total. The molecule has 0 amide bonds. The van der Waals surface area contributed by atoms with Gasteiger partial charge in [0.2, 0.25) is 5.88 Å². The molecule has 64 valence electrons. The second-order valence-electron chi connectivity index (χ2n) is 1.99. The number of carbonyl (C=O) groups is 1. The van der Waals surface area contributed by atoms with E-state index in [-0.39, 0.29) is 11.4 Å². The third-order valence-corrected chi connectivity index (χ3v) is 1.20. The molecular formula is C7H8N2O3. The van der Waals surface area contributed by atoms with Crippen molar-refractivity contribution in [1.82, 2.24) is 10.2 Å². The summed E-state index contributed by atoms with van der Waals surface area (Å²) in [6.07, 6.45) is 1.31. The Morgan fingerprint density at radius 3 is 3.08 bits per heavy atom. The van der Waals surface area contributed by atoms with Gasteiger partial charge in [-0.2, -0.15) is 5.10 Å². The normalized spacial score (nSPS) is 9.42. The van der Waals surface area contributed by atoms with Crippen LogP contribution in [0.15, 0.2) is 12.3 Å². The van der Waals surface area contributed by atoms with Crippen molar-refractivity contribution in [1.29, 1.82) is 0 Å². The number of hydrogen-bond donors (Lipinski definition) is 1. The zero-order valence-corrected chi connectivity index (χ0v) is 6.52. The quantitative estimate of drug-likeness (QED) is 0.714. The van der Waals surface area contributed by atoms with Crippen LogP contribution in [0.2, 0.25) is 0 Å². The van der Waals surface area contributed by atoms with Crippen LogP contribution in [0.4, 0.5) is 0 Å². The van der Waals surface area contributed by atoms with Crippen molar-refractivity contribution >= 4 is 5.97 Å². The summed E-state index contributed by atoms with van der Waals surface area (Å²) in [6, 6.07) is 1.35. The van der Waals surface area contributed by atoms with E-state index < -0.39 is 5.97 Å². The van der Waals surface area contributed by atoms with E-state index in [1.807, 2.05) is 0 Å². The summed E-state index contributed by atoms with van der Waals surface area (Å²) in [7, 11) is 0. The molecule has 0 saturated heterocycles.